The standard InChI is InChI=1S/C21H19F2N3O3S/c22-17-5-8-20(19(23)15-17)30(28,29)26-13-11-25(12-14-26)21(27)16-3-6-18(7-4-16)24-9-1-2-10-24/h1-10,15H,11-14H2. The maximum absolute atomic E-state index is 13.9. The fourth-order valence-electron chi connectivity index (χ4n) is 3.42. The quantitative estimate of drug-likeness (QED) is 0.638. The summed E-state index contributed by atoms with van der Waals surface area (Å²) in [5.74, 6) is -2.17. The minimum atomic E-state index is -4.10. The van der Waals surface area contributed by atoms with Crippen LogP contribution in [0.2, 0.25) is 0 Å². The Kier molecular flexibility index (Phi) is 5.40. The first-order chi connectivity index (χ1) is 14.4. The van der Waals surface area contributed by atoms with E-state index in [0.717, 1.165) is 22.1 Å². The largest absolute Gasteiger partial charge is 0.336 e. The zero-order chi connectivity index (χ0) is 21.3. The van der Waals surface area contributed by atoms with Crippen molar-refractivity contribution >= 4 is 15.9 Å². The lowest BCUT2D eigenvalue weighted by Gasteiger charge is -2.34. The third-order valence-electron chi connectivity index (χ3n) is 5.05. The van der Waals surface area contributed by atoms with E-state index < -0.39 is 26.6 Å². The van der Waals surface area contributed by atoms with E-state index in [1.807, 2.05) is 41.2 Å². The van der Waals surface area contributed by atoms with Crippen molar-refractivity contribution in [3.05, 3.63) is 84.2 Å². The molecule has 6 nitrogen and oxygen atoms in total. The maximum atomic E-state index is 13.9. The van der Waals surface area contributed by atoms with Crippen LogP contribution in [0.4, 0.5) is 8.78 Å². The van der Waals surface area contributed by atoms with E-state index in [1.54, 1.807) is 17.0 Å². The molecule has 2 aromatic carbocycles. The molecular formula is C21H19F2N3O3S. The number of rotatable bonds is 4. The number of halogens is 2. The summed E-state index contributed by atoms with van der Waals surface area (Å²) in [4.78, 5) is 13.8. The summed E-state index contributed by atoms with van der Waals surface area (Å²) < 4.78 is 55.4. The van der Waals surface area contributed by atoms with Gasteiger partial charge in [-0.2, -0.15) is 4.31 Å². The zero-order valence-corrected chi connectivity index (χ0v) is 16.7. The highest BCUT2D eigenvalue weighted by atomic mass is 32.2. The number of aromatic nitrogens is 1. The molecule has 0 aliphatic carbocycles. The second-order valence-corrected chi connectivity index (χ2v) is 8.81. The molecule has 0 radical (unpaired) electrons. The predicted molar refractivity (Wildman–Crippen MR) is 107 cm³/mol. The Balaban J connectivity index is 1.43. The first kappa shape index (κ1) is 20.2. The number of carbonyl (C=O) groups is 1. The Bertz CT molecular complexity index is 1150. The van der Waals surface area contributed by atoms with E-state index in [-0.39, 0.29) is 32.1 Å². The second kappa shape index (κ2) is 8.00. The number of carbonyl (C=O) groups excluding carboxylic acids is 1. The van der Waals surface area contributed by atoms with Crippen LogP contribution in [0.5, 0.6) is 0 Å². The first-order valence-electron chi connectivity index (χ1n) is 9.34. The molecule has 0 spiro atoms. The minimum absolute atomic E-state index is 0.0341. The van der Waals surface area contributed by atoms with Crippen LogP contribution in [0.25, 0.3) is 5.69 Å². The summed E-state index contributed by atoms with van der Waals surface area (Å²) in [7, 11) is -4.10. The molecule has 1 fully saturated rings. The molecular weight excluding hydrogens is 412 g/mol. The van der Waals surface area contributed by atoms with Gasteiger partial charge in [-0.15, -0.1) is 0 Å². The van der Waals surface area contributed by atoms with Crippen LogP contribution in [0.1, 0.15) is 10.4 Å². The van der Waals surface area contributed by atoms with Gasteiger partial charge in [0.1, 0.15) is 16.5 Å². The second-order valence-electron chi connectivity index (χ2n) is 6.91. The van der Waals surface area contributed by atoms with E-state index in [4.69, 9.17) is 0 Å². The van der Waals surface area contributed by atoms with Crippen molar-refractivity contribution in [1.29, 1.82) is 0 Å². The number of piperazine rings is 1. The van der Waals surface area contributed by atoms with Gasteiger partial charge >= 0.3 is 0 Å². The third-order valence-corrected chi connectivity index (χ3v) is 6.99. The average Bonchev–Trinajstić information content (AvgIpc) is 3.28. The fraction of sp³-hybridized carbons (Fsp3) is 0.190. The fourth-order valence-corrected chi connectivity index (χ4v) is 4.89. The Morgan fingerprint density at radius 2 is 1.50 bits per heavy atom. The molecule has 30 heavy (non-hydrogen) atoms. The van der Waals surface area contributed by atoms with Crippen molar-refractivity contribution in [2.75, 3.05) is 26.2 Å². The monoisotopic (exact) mass is 431 g/mol. The Hall–Kier alpha value is -3.04. The van der Waals surface area contributed by atoms with Crippen LogP contribution >= 0.6 is 0 Å². The molecule has 0 atom stereocenters. The molecule has 1 aliphatic rings. The lowest BCUT2D eigenvalue weighted by Crippen LogP contribution is -2.50. The first-order valence-corrected chi connectivity index (χ1v) is 10.8. The number of amides is 1. The topological polar surface area (TPSA) is 62.6 Å². The number of benzene rings is 2. The zero-order valence-electron chi connectivity index (χ0n) is 15.9. The number of nitrogens with zero attached hydrogens (tertiary/aromatic N) is 3. The highest BCUT2D eigenvalue weighted by molar-refractivity contribution is 7.89. The van der Waals surface area contributed by atoms with Gasteiger partial charge in [0.2, 0.25) is 10.0 Å². The van der Waals surface area contributed by atoms with E-state index in [0.29, 0.717) is 11.6 Å². The summed E-state index contributed by atoms with van der Waals surface area (Å²) in [5.41, 5.74) is 1.43. The highest BCUT2D eigenvalue weighted by Gasteiger charge is 2.32. The number of hydrogen-bond acceptors (Lipinski definition) is 3. The minimum Gasteiger partial charge on any atom is -0.336 e. The van der Waals surface area contributed by atoms with Crippen LogP contribution in [0, 0.1) is 11.6 Å². The molecule has 2 heterocycles. The normalized spacial score (nSPS) is 15.3. The van der Waals surface area contributed by atoms with Gasteiger partial charge < -0.3 is 9.47 Å². The van der Waals surface area contributed by atoms with Crippen molar-refractivity contribution in [2.24, 2.45) is 0 Å². The molecule has 156 valence electrons. The van der Waals surface area contributed by atoms with Gasteiger partial charge in [-0.25, -0.2) is 17.2 Å². The SMILES string of the molecule is O=C(c1ccc(-n2cccc2)cc1)N1CCN(S(=O)(=O)c2ccc(F)cc2F)CC1. The molecule has 1 amide bonds. The van der Waals surface area contributed by atoms with Crippen LogP contribution in [-0.4, -0.2) is 54.3 Å². The molecule has 0 bridgehead atoms. The van der Waals surface area contributed by atoms with Gasteiger partial charge in [0, 0.05) is 55.9 Å². The van der Waals surface area contributed by atoms with Crippen LogP contribution < -0.4 is 0 Å². The van der Waals surface area contributed by atoms with Gasteiger partial charge in [0.05, 0.1) is 0 Å². The average molecular weight is 431 g/mol. The summed E-state index contributed by atoms with van der Waals surface area (Å²) in [6.07, 6.45) is 3.81. The number of hydrogen-bond donors (Lipinski definition) is 0. The Labute approximate surface area is 173 Å². The van der Waals surface area contributed by atoms with Crippen LogP contribution in [0.3, 0.4) is 0 Å². The van der Waals surface area contributed by atoms with E-state index in [9.17, 15) is 22.0 Å². The lowest BCUT2D eigenvalue weighted by molar-refractivity contribution is 0.0697. The van der Waals surface area contributed by atoms with Gasteiger partial charge in [-0.05, 0) is 48.5 Å². The number of sulfonamides is 1. The molecule has 0 saturated carbocycles. The van der Waals surface area contributed by atoms with E-state index in [1.165, 1.54) is 0 Å². The van der Waals surface area contributed by atoms with Crippen LogP contribution in [-0.2, 0) is 10.0 Å². The summed E-state index contributed by atoms with van der Waals surface area (Å²) >= 11 is 0. The van der Waals surface area contributed by atoms with Crippen molar-refractivity contribution in [3.63, 3.8) is 0 Å². The Morgan fingerprint density at radius 3 is 2.10 bits per heavy atom. The van der Waals surface area contributed by atoms with E-state index >= 15 is 0 Å². The third kappa shape index (κ3) is 3.86. The van der Waals surface area contributed by atoms with Gasteiger partial charge in [-0.3, -0.25) is 4.79 Å². The summed E-state index contributed by atoms with van der Waals surface area (Å²) in [5, 5.41) is 0. The summed E-state index contributed by atoms with van der Waals surface area (Å²) in [6, 6.07) is 13.3. The van der Waals surface area contributed by atoms with Crippen molar-refractivity contribution in [1.82, 2.24) is 13.8 Å². The van der Waals surface area contributed by atoms with Crippen LogP contribution in [0.15, 0.2) is 71.9 Å². The molecule has 1 aliphatic heterocycles. The highest BCUT2D eigenvalue weighted by Crippen LogP contribution is 2.22. The molecule has 0 unspecified atom stereocenters. The maximum Gasteiger partial charge on any atom is 0.253 e. The van der Waals surface area contributed by atoms with Crippen molar-refractivity contribution in [2.45, 2.75) is 4.90 Å². The smallest absolute Gasteiger partial charge is 0.253 e. The molecule has 0 N–H and O–H groups in total. The lowest BCUT2D eigenvalue weighted by atomic mass is 10.1. The van der Waals surface area contributed by atoms with Crippen molar-refractivity contribution < 1.29 is 22.0 Å². The molecule has 9 heteroatoms. The van der Waals surface area contributed by atoms with Crippen molar-refractivity contribution in [3.8, 4) is 5.69 Å². The Morgan fingerprint density at radius 1 is 0.867 bits per heavy atom. The van der Waals surface area contributed by atoms with Gasteiger partial charge in [-0.1, -0.05) is 0 Å². The van der Waals surface area contributed by atoms with E-state index in [2.05, 4.69) is 0 Å². The van der Waals surface area contributed by atoms with Gasteiger partial charge in [0.15, 0.2) is 0 Å². The summed E-state index contributed by atoms with van der Waals surface area (Å²) in [6.45, 7) is 0.430. The molecule has 3 aromatic rings. The molecule has 1 aromatic heterocycles. The molecule has 4 rings (SSSR count). The molecule has 1 saturated heterocycles. The van der Waals surface area contributed by atoms with Gasteiger partial charge in [0.25, 0.3) is 5.91 Å². The predicted octanol–water partition coefficient (Wildman–Crippen LogP) is 2.90.